The van der Waals surface area contributed by atoms with Crippen molar-refractivity contribution in [2.45, 2.75) is 97.0 Å². The van der Waals surface area contributed by atoms with Gasteiger partial charge in [0, 0.05) is 32.4 Å². The average Bonchev–Trinajstić information content (AvgIpc) is 3.42. The third kappa shape index (κ3) is 9.27. The summed E-state index contributed by atoms with van der Waals surface area (Å²) in [7, 11) is 1.31. The van der Waals surface area contributed by atoms with Crippen LogP contribution in [-0.4, -0.2) is 90.3 Å². The van der Waals surface area contributed by atoms with Crippen LogP contribution in [0.2, 0.25) is 0 Å². The fourth-order valence-electron chi connectivity index (χ4n) is 5.54. The Kier molecular flexibility index (Phi) is 12.7. The highest BCUT2D eigenvalue weighted by Gasteiger charge is 2.42. The summed E-state index contributed by atoms with van der Waals surface area (Å²) in [6, 6.07) is 5.28. The minimum absolute atomic E-state index is 0.0351. The standard InChI is InChI=1S/C32H46N4O8/c1-20(2)28(33-26(38)12-8-9-13-27(39)43-5)30(40)34-29(21(3)4)31(41)36-18-25(16-24(36)19-37)44-32(42)35-15-14-22-10-6-7-11-23(22)17-35/h6-7,10-11,19-21,24-25,28-29H,8-9,12-18H2,1-5H3,(H,33,38)(H,34,40)/t24-,25+,28-,29-/m0/s1. The molecule has 0 radical (unpaired) electrons. The molecule has 44 heavy (non-hydrogen) atoms. The smallest absolute Gasteiger partial charge is 0.410 e. The lowest BCUT2D eigenvalue weighted by atomic mass is 9.99. The van der Waals surface area contributed by atoms with Crippen LogP contribution < -0.4 is 10.6 Å². The van der Waals surface area contributed by atoms with Crippen molar-refractivity contribution >= 4 is 36.1 Å². The second-order valence-electron chi connectivity index (χ2n) is 12.2. The number of ether oxygens (including phenoxy) is 2. The van der Waals surface area contributed by atoms with Gasteiger partial charge in [0.1, 0.15) is 24.5 Å². The number of likely N-dealkylation sites (tertiary alicyclic amines) is 1. The van der Waals surface area contributed by atoms with Crippen molar-refractivity contribution in [3.05, 3.63) is 35.4 Å². The van der Waals surface area contributed by atoms with Crippen LogP contribution >= 0.6 is 0 Å². The number of aldehydes is 1. The van der Waals surface area contributed by atoms with Gasteiger partial charge in [-0.25, -0.2) is 4.79 Å². The second kappa shape index (κ2) is 16.2. The first kappa shape index (κ1) is 34.5. The number of esters is 1. The Morgan fingerprint density at radius 2 is 1.61 bits per heavy atom. The van der Waals surface area contributed by atoms with E-state index in [1.165, 1.54) is 17.6 Å². The van der Waals surface area contributed by atoms with Crippen LogP contribution in [0, 0.1) is 11.8 Å². The maximum Gasteiger partial charge on any atom is 0.410 e. The van der Waals surface area contributed by atoms with Gasteiger partial charge in [0.25, 0.3) is 0 Å². The van der Waals surface area contributed by atoms with Gasteiger partial charge >= 0.3 is 12.1 Å². The zero-order valence-electron chi connectivity index (χ0n) is 26.4. The van der Waals surface area contributed by atoms with E-state index in [0.29, 0.717) is 32.2 Å². The molecule has 1 aromatic rings. The SMILES string of the molecule is COC(=O)CCCCC(=O)N[C@H](C(=O)N[C@H](C(=O)N1C[C@H](OC(=O)N2CCc3ccccc3C2)C[C@H]1C=O)C(C)C)C(C)C. The summed E-state index contributed by atoms with van der Waals surface area (Å²) in [5.74, 6) is -2.23. The van der Waals surface area contributed by atoms with Crippen molar-refractivity contribution in [3.8, 4) is 0 Å². The maximum absolute atomic E-state index is 13.7. The predicted octanol–water partition coefficient (Wildman–Crippen LogP) is 2.36. The number of amides is 4. The van der Waals surface area contributed by atoms with Gasteiger partial charge in [0.05, 0.1) is 19.7 Å². The van der Waals surface area contributed by atoms with E-state index in [2.05, 4.69) is 15.4 Å². The largest absolute Gasteiger partial charge is 0.469 e. The molecular formula is C32H46N4O8. The highest BCUT2D eigenvalue weighted by molar-refractivity contribution is 5.93. The van der Waals surface area contributed by atoms with Crippen molar-refractivity contribution < 1.29 is 38.2 Å². The summed E-state index contributed by atoms with van der Waals surface area (Å²) >= 11 is 0. The minimum atomic E-state index is -0.962. The monoisotopic (exact) mass is 614 g/mol. The number of unbranched alkanes of at least 4 members (excludes halogenated alkanes) is 1. The highest BCUT2D eigenvalue weighted by atomic mass is 16.6. The van der Waals surface area contributed by atoms with Gasteiger partial charge in [-0.15, -0.1) is 0 Å². The summed E-state index contributed by atoms with van der Waals surface area (Å²) in [5, 5.41) is 5.54. The molecular weight excluding hydrogens is 568 g/mol. The number of rotatable bonds is 13. The number of fused-ring (bicyclic) bond motifs is 1. The maximum atomic E-state index is 13.7. The molecule has 1 saturated heterocycles. The molecule has 12 heteroatoms. The van der Waals surface area contributed by atoms with Gasteiger partial charge in [0.15, 0.2) is 0 Å². The molecule has 242 valence electrons. The lowest BCUT2D eigenvalue weighted by Gasteiger charge is -2.31. The summed E-state index contributed by atoms with van der Waals surface area (Å²) in [6.45, 7) is 8.13. The molecule has 3 rings (SSSR count). The normalized spacial score (nSPS) is 19.2. The minimum Gasteiger partial charge on any atom is -0.469 e. The van der Waals surface area contributed by atoms with Gasteiger partial charge in [-0.05, 0) is 42.2 Å². The van der Waals surface area contributed by atoms with E-state index in [4.69, 9.17) is 4.74 Å². The average molecular weight is 615 g/mol. The molecule has 12 nitrogen and oxygen atoms in total. The Bertz CT molecular complexity index is 1200. The molecule has 4 atom stereocenters. The fraction of sp³-hybridized carbons (Fsp3) is 0.625. The summed E-state index contributed by atoms with van der Waals surface area (Å²) in [5.41, 5.74) is 2.27. The molecule has 2 heterocycles. The van der Waals surface area contributed by atoms with Crippen LogP contribution in [-0.2, 0) is 46.4 Å². The molecule has 1 aromatic carbocycles. The molecule has 0 saturated carbocycles. The van der Waals surface area contributed by atoms with Crippen LogP contribution in [0.3, 0.4) is 0 Å². The van der Waals surface area contributed by atoms with Gasteiger partial charge in [0.2, 0.25) is 17.7 Å². The van der Waals surface area contributed by atoms with E-state index in [1.807, 2.05) is 24.3 Å². The molecule has 2 N–H and O–H groups in total. The zero-order chi connectivity index (χ0) is 32.4. The Morgan fingerprint density at radius 1 is 0.955 bits per heavy atom. The number of hydrogen-bond acceptors (Lipinski definition) is 8. The number of carbonyl (C=O) groups is 6. The first-order chi connectivity index (χ1) is 20.9. The Labute approximate surface area is 259 Å². The van der Waals surface area contributed by atoms with Crippen LogP contribution in [0.15, 0.2) is 24.3 Å². The molecule has 0 aliphatic carbocycles. The molecule has 2 aliphatic rings. The van der Waals surface area contributed by atoms with Crippen LogP contribution in [0.1, 0.15) is 70.9 Å². The van der Waals surface area contributed by atoms with Crippen molar-refractivity contribution in [1.29, 1.82) is 0 Å². The third-order valence-corrected chi connectivity index (χ3v) is 8.16. The van der Waals surface area contributed by atoms with E-state index in [1.54, 1.807) is 32.6 Å². The lowest BCUT2D eigenvalue weighted by Crippen LogP contribution is -2.58. The predicted molar refractivity (Wildman–Crippen MR) is 161 cm³/mol. The first-order valence-corrected chi connectivity index (χ1v) is 15.4. The van der Waals surface area contributed by atoms with Gasteiger partial charge in [-0.1, -0.05) is 52.0 Å². The topological polar surface area (TPSA) is 151 Å². The Balaban J connectivity index is 1.59. The number of nitrogens with one attached hydrogen (secondary N) is 2. The number of methoxy groups -OCH3 is 1. The van der Waals surface area contributed by atoms with Crippen molar-refractivity contribution in [2.24, 2.45) is 11.8 Å². The first-order valence-electron chi connectivity index (χ1n) is 15.4. The molecule has 0 bridgehead atoms. The molecule has 0 spiro atoms. The van der Waals surface area contributed by atoms with Crippen LogP contribution in [0.4, 0.5) is 4.79 Å². The number of carbonyl (C=O) groups excluding carboxylic acids is 6. The quantitative estimate of drug-likeness (QED) is 0.195. The van der Waals surface area contributed by atoms with Crippen molar-refractivity contribution in [3.63, 3.8) is 0 Å². The summed E-state index contributed by atoms with van der Waals surface area (Å²) in [4.78, 5) is 78.8. The second-order valence-corrected chi connectivity index (χ2v) is 12.2. The number of benzene rings is 1. The molecule has 2 aliphatic heterocycles. The van der Waals surface area contributed by atoms with Crippen LogP contribution in [0.5, 0.6) is 0 Å². The van der Waals surface area contributed by atoms with Gasteiger partial charge in [-0.2, -0.15) is 0 Å². The summed E-state index contributed by atoms with van der Waals surface area (Å²) in [6.07, 6.45) is 1.70. The lowest BCUT2D eigenvalue weighted by molar-refractivity contribution is -0.141. The Morgan fingerprint density at radius 3 is 2.25 bits per heavy atom. The van der Waals surface area contributed by atoms with E-state index in [0.717, 1.165) is 12.0 Å². The number of nitrogens with zero attached hydrogens (tertiary/aromatic N) is 2. The molecule has 0 aromatic heterocycles. The van der Waals surface area contributed by atoms with Gasteiger partial charge in [-0.3, -0.25) is 19.2 Å². The Hall–Kier alpha value is -3.96. The van der Waals surface area contributed by atoms with Crippen LogP contribution in [0.25, 0.3) is 0 Å². The van der Waals surface area contributed by atoms with E-state index in [9.17, 15) is 28.8 Å². The number of hydrogen-bond donors (Lipinski definition) is 2. The highest BCUT2D eigenvalue weighted by Crippen LogP contribution is 2.24. The fourth-order valence-corrected chi connectivity index (χ4v) is 5.54. The zero-order valence-corrected chi connectivity index (χ0v) is 26.4. The summed E-state index contributed by atoms with van der Waals surface area (Å²) < 4.78 is 10.3. The molecule has 0 unspecified atom stereocenters. The molecule has 1 fully saturated rings. The van der Waals surface area contributed by atoms with Gasteiger partial charge < -0.3 is 34.7 Å². The molecule has 4 amide bonds. The van der Waals surface area contributed by atoms with Crippen molar-refractivity contribution in [1.82, 2.24) is 20.4 Å². The van der Waals surface area contributed by atoms with E-state index >= 15 is 0 Å². The van der Waals surface area contributed by atoms with E-state index in [-0.39, 0.29) is 49.5 Å². The third-order valence-electron chi connectivity index (χ3n) is 8.16. The van der Waals surface area contributed by atoms with Crippen molar-refractivity contribution in [2.75, 3.05) is 20.2 Å². The van der Waals surface area contributed by atoms with E-state index < -0.39 is 42.1 Å².